The summed E-state index contributed by atoms with van der Waals surface area (Å²) >= 11 is 0. The molecular formula is C17H26N2O. The molecule has 3 N–H and O–H groups in total. The summed E-state index contributed by atoms with van der Waals surface area (Å²) in [4.78, 5) is 12.5. The summed E-state index contributed by atoms with van der Waals surface area (Å²) < 4.78 is 0. The summed E-state index contributed by atoms with van der Waals surface area (Å²) in [5, 5.41) is 3.08. The van der Waals surface area contributed by atoms with Crippen LogP contribution in [-0.4, -0.2) is 11.4 Å². The van der Waals surface area contributed by atoms with Gasteiger partial charge in [0.05, 0.1) is 11.6 Å². The lowest BCUT2D eigenvalue weighted by Crippen LogP contribution is -2.56. The molecule has 0 bridgehead atoms. The zero-order valence-corrected chi connectivity index (χ0v) is 12.8. The Kier molecular flexibility index (Phi) is 4.48. The van der Waals surface area contributed by atoms with Crippen LogP contribution >= 0.6 is 0 Å². The van der Waals surface area contributed by atoms with Gasteiger partial charge in [0.15, 0.2) is 0 Å². The number of carbonyl (C=O) groups is 1. The minimum Gasteiger partial charge on any atom is -0.348 e. The highest BCUT2D eigenvalue weighted by atomic mass is 16.2. The quantitative estimate of drug-likeness (QED) is 0.890. The van der Waals surface area contributed by atoms with E-state index in [1.165, 1.54) is 12.0 Å². The molecule has 1 aromatic carbocycles. The minimum absolute atomic E-state index is 0.000702. The van der Waals surface area contributed by atoms with Crippen molar-refractivity contribution in [1.82, 2.24) is 5.32 Å². The summed E-state index contributed by atoms with van der Waals surface area (Å²) in [6.45, 7) is 6.25. The highest BCUT2D eigenvalue weighted by molar-refractivity contribution is 5.86. The van der Waals surface area contributed by atoms with Gasteiger partial charge in [-0.15, -0.1) is 0 Å². The molecule has 0 aliphatic heterocycles. The van der Waals surface area contributed by atoms with Crippen molar-refractivity contribution in [2.75, 3.05) is 0 Å². The van der Waals surface area contributed by atoms with E-state index in [0.717, 1.165) is 24.8 Å². The standard InChI is InChI=1S/C17H26N2O/c1-12-6-8-15(9-7-12)14(3)19-16(20)17(18)10-4-5-13(2)11-17/h6-9,13-14H,4-5,10-11,18H2,1-3H3,(H,19,20). The van der Waals surface area contributed by atoms with E-state index < -0.39 is 5.54 Å². The van der Waals surface area contributed by atoms with E-state index in [9.17, 15) is 4.79 Å². The summed E-state index contributed by atoms with van der Waals surface area (Å²) in [6.07, 6.45) is 3.81. The Morgan fingerprint density at radius 1 is 1.40 bits per heavy atom. The van der Waals surface area contributed by atoms with Crippen LogP contribution < -0.4 is 11.1 Å². The fraction of sp³-hybridized carbons (Fsp3) is 0.588. The van der Waals surface area contributed by atoms with Crippen molar-refractivity contribution in [3.63, 3.8) is 0 Å². The van der Waals surface area contributed by atoms with Crippen LogP contribution in [0.25, 0.3) is 0 Å². The van der Waals surface area contributed by atoms with E-state index in [0.29, 0.717) is 5.92 Å². The van der Waals surface area contributed by atoms with E-state index >= 15 is 0 Å². The monoisotopic (exact) mass is 274 g/mol. The largest absolute Gasteiger partial charge is 0.348 e. The van der Waals surface area contributed by atoms with Crippen molar-refractivity contribution in [2.24, 2.45) is 11.7 Å². The number of aryl methyl sites for hydroxylation is 1. The van der Waals surface area contributed by atoms with E-state index in [1.807, 2.05) is 6.92 Å². The molecule has 1 saturated carbocycles. The number of benzene rings is 1. The minimum atomic E-state index is -0.684. The van der Waals surface area contributed by atoms with Crippen LogP contribution in [0.5, 0.6) is 0 Å². The highest BCUT2D eigenvalue weighted by Crippen LogP contribution is 2.31. The second-order valence-corrected chi connectivity index (χ2v) is 6.46. The number of rotatable bonds is 3. The number of carbonyl (C=O) groups excluding carboxylic acids is 1. The van der Waals surface area contributed by atoms with Gasteiger partial charge in [-0.2, -0.15) is 0 Å². The lowest BCUT2D eigenvalue weighted by atomic mass is 9.76. The van der Waals surface area contributed by atoms with Crippen molar-refractivity contribution in [3.05, 3.63) is 35.4 Å². The van der Waals surface area contributed by atoms with Gasteiger partial charge in [-0.1, -0.05) is 49.6 Å². The summed E-state index contributed by atoms with van der Waals surface area (Å²) in [7, 11) is 0. The molecular weight excluding hydrogens is 248 g/mol. The zero-order valence-electron chi connectivity index (χ0n) is 12.8. The normalized spacial score (nSPS) is 27.9. The first-order chi connectivity index (χ1) is 9.40. The van der Waals surface area contributed by atoms with Gasteiger partial charge in [0, 0.05) is 0 Å². The Morgan fingerprint density at radius 2 is 2.05 bits per heavy atom. The summed E-state index contributed by atoms with van der Waals surface area (Å²) in [6, 6.07) is 8.26. The van der Waals surface area contributed by atoms with Crippen LogP contribution in [0, 0.1) is 12.8 Å². The van der Waals surface area contributed by atoms with Crippen molar-refractivity contribution >= 4 is 5.91 Å². The van der Waals surface area contributed by atoms with Gasteiger partial charge in [-0.25, -0.2) is 0 Å². The average molecular weight is 274 g/mol. The predicted molar refractivity (Wildman–Crippen MR) is 82.3 cm³/mol. The van der Waals surface area contributed by atoms with Crippen molar-refractivity contribution in [1.29, 1.82) is 0 Å². The first kappa shape index (κ1) is 15.0. The van der Waals surface area contributed by atoms with E-state index in [2.05, 4.69) is 43.4 Å². The molecule has 1 amide bonds. The van der Waals surface area contributed by atoms with E-state index in [4.69, 9.17) is 5.73 Å². The number of nitrogens with two attached hydrogens (primary N) is 1. The Labute approximate surface area is 121 Å². The molecule has 1 aliphatic carbocycles. The Bertz CT molecular complexity index is 468. The zero-order chi connectivity index (χ0) is 14.8. The molecule has 1 fully saturated rings. The highest BCUT2D eigenvalue weighted by Gasteiger charge is 2.38. The van der Waals surface area contributed by atoms with E-state index in [-0.39, 0.29) is 11.9 Å². The van der Waals surface area contributed by atoms with Crippen molar-refractivity contribution in [2.45, 2.75) is 58.0 Å². The fourth-order valence-electron chi connectivity index (χ4n) is 3.08. The summed E-state index contributed by atoms with van der Waals surface area (Å²) in [5.41, 5.74) is 7.99. The summed E-state index contributed by atoms with van der Waals surface area (Å²) in [5.74, 6) is 0.534. The maximum atomic E-state index is 12.5. The van der Waals surface area contributed by atoms with Gasteiger partial charge in [0.1, 0.15) is 0 Å². The van der Waals surface area contributed by atoms with Gasteiger partial charge in [-0.05, 0) is 38.2 Å². The molecule has 2 rings (SSSR count). The molecule has 3 unspecified atom stereocenters. The second-order valence-electron chi connectivity index (χ2n) is 6.46. The molecule has 0 heterocycles. The molecule has 0 aromatic heterocycles. The number of nitrogens with one attached hydrogen (secondary N) is 1. The third-order valence-corrected chi connectivity index (χ3v) is 4.41. The molecule has 110 valence electrons. The fourth-order valence-corrected chi connectivity index (χ4v) is 3.08. The molecule has 20 heavy (non-hydrogen) atoms. The molecule has 0 saturated heterocycles. The Balaban J connectivity index is 2.01. The maximum Gasteiger partial charge on any atom is 0.240 e. The molecule has 1 aliphatic rings. The van der Waals surface area contributed by atoms with Gasteiger partial charge in [0.2, 0.25) is 5.91 Å². The first-order valence-electron chi connectivity index (χ1n) is 7.57. The second kappa shape index (κ2) is 5.96. The first-order valence-corrected chi connectivity index (χ1v) is 7.57. The van der Waals surface area contributed by atoms with Gasteiger partial charge < -0.3 is 11.1 Å². The molecule has 3 heteroatoms. The van der Waals surface area contributed by atoms with Crippen molar-refractivity contribution < 1.29 is 4.79 Å². The lowest BCUT2D eigenvalue weighted by Gasteiger charge is -2.36. The van der Waals surface area contributed by atoms with Gasteiger partial charge >= 0.3 is 0 Å². The third kappa shape index (κ3) is 3.40. The van der Waals surface area contributed by atoms with Gasteiger partial charge in [0.25, 0.3) is 0 Å². The van der Waals surface area contributed by atoms with Crippen LogP contribution in [-0.2, 0) is 4.79 Å². The van der Waals surface area contributed by atoms with Gasteiger partial charge in [-0.3, -0.25) is 4.79 Å². The number of hydrogen-bond acceptors (Lipinski definition) is 2. The number of amides is 1. The van der Waals surface area contributed by atoms with Crippen LogP contribution in [0.2, 0.25) is 0 Å². The predicted octanol–water partition coefficient (Wildman–Crippen LogP) is 3.08. The molecule has 3 nitrogen and oxygen atoms in total. The lowest BCUT2D eigenvalue weighted by molar-refractivity contribution is -0.128. The SMILES string of the molecule is Cc1ccc(C(C)NC(=O)C2(N)CCCC(C)C2)cc1. The molecule has 1 aromatic rings. The smallest absolute Gasteiger partial charge is 0.240 e. The van der Waals surface area contributed by atoms with Crippen LogP contribution in [0.15, 0.2) is 24.3 Å². The van der Waals surface area contributed by atoms with Crippen LogP contribution in [0.4, 0.5) is 0 Å². The topological polar surface area (TPSA) is 55.1 Å². The molecule has 0 radical (unpaired) electrons. The molecule has 3 atom stereocenters. The van der Waals surface area contributed by atoms with Crippen LogP contribution in [0.1, 0.15) is 56.7 Å². The maximum absolute atomic E-state index is 12.5. The Hall–Kier alpha value is -1.35. The third-order valence-electron chi connectivity index (χ3n) is 4.41. The van der Waals surface area contributed by atoms with Crippen molar-refractivity contribution in [3.8, 4) is 0 Å². The Morgan fingerprint density at radius 3 is 2.65 bits per heavy atom. The molecule has 0 spiro atoms. The van der Waals surface area contributed by atoms with Crippen LogP contribution in [0.3, 0.4) is 0 Å². The van der Waals surface area contributed by atoms with E-state index in [1.54, 1.807) is 0 Å². The number of hydrogen-bond donors (Lipinski definition) is 2. The average Bonchev–Trinajstić information content (AvgIpc) is 2.39.